The van der Waals surface area contributed by atoms with E-state index < -0.39 is 23.4 Å². The zero-order chi connectivity index (χ0) is 24.0. The molecule has 0 atom stereocenters. The second kappa shape index (κ2) is 10.1. The third-order valence-electron chi connectivity index (χ3n) is 4.17. The van der Waals surface area contributed by atoms with Crippen LogP contribution >= 0.6 is 0 Å². The molecule has 0 spiro atoms. The van der Waals surface area contributed by atoms with Crippen molar-refractivity contribution in [3.63, 3.8) is 0 Å². The quantitative estimate of drug-likeness (QED) is 0.266. The molecule has 1 aromatic heterocycles. The summed E-state index contributed by atoms with van der Waals surface area (Å²) in [5, 5.41) is 18.4. The number of esters is 1. The molecule has 0 aliphatic heterocycles. The number of carbonyl (C=O) groups excluding carboxylic acids is 2. The Bertz CT molecular complexity index is 1150. The Morgan fingerprint density at radius 1 is 1.09 bits per heavy atom. The Morgan fingerprint density at radius 2 is 1.73 bits per heavy atom. The molecule has 3 aromatic rings. The van der Waals surface area contributed by atoms with Crippen LogP contribution in [0.15, 0.2) is 40.8 Å². The first-order valence-corrected chi connectivity index (χ1v) is 9.23. The molecule has 1 amide bonds. The van der Waals surface area contributed by atoms with Crippen LogP contribution in [0.4, 0.5) is 5.69 Å². The molecule has 0 aliphatic rings. The van der Waals surface area contributed by atoms with E-state index in [-0.39, 0.29) is 46.9 Å². The van der Waals surface area contributed by atoms with Gasteiger partial charge in [-0.2, -0.15) is 0 Å². The molecule has 13 heteroatoms. The molecule has 172 valence electrons. The molecule has 2 N–H and O–H groups in total. The van der Waals surface area contributed by atoms with Gasteiger partial charge in [-0.05, 0) is 24.3 Å². The van der Waals surface area contributed by atoms with Crippen LogP contribution in [0.5, 0.6) is 17.2 Å². The molecule has 13 nitrogen and oxygen atoms in total. The van der Waals surface area contributed by atoms with E-state index in [0.717, 1.165) is 0 Å². The van der Waals surface area contributed by atoms with Crippen molar-refractivity contribution in [2.75, 3.05) is 20.8 Å². The first-order valence-electron chi connectivity index (χ1n) is 9.23. The topological polar surface area (TPSA) is 179 Å². The number of nitro benzene ring substituents is 1. The molecule has 1 heterocycles. The summed E-state index contributed by atoms with van der Waals surface area (Å²) in [7, 11) is 2.69. The van der Waals surface area contributed by atoms with Crippen molar-refractivity contribution in [1.82, 2.24) is 10.2 Å². The first-order chi connectivity index (χ1) is 15.8. The zero-order valence-electron chi connectivity index (χ0n) is 17.5. The number of carbonyl (C=O) groups is 2. The summed E-state index contributed by atoms with van der Waals surface area (Å²) in [5.41, 5.74) is 5.55. The van der Waals surface area contributed by atoms with Crippen molar-refractivity contribution >= 4 is 17.6 Å². The Kier molecular flexibility index (Phi) is 7.03. The molecule has 0 unspecified atom stereocenters. The van der Waals surface area contributed by atoms with Gasteiger partial charge < -0.3 is 29.1 Å². The fourth-order valence-corrected chi connectivity index (χ4v) is 2.65. The van der Waals surface area contributed by atoms with E-state index in [1.807, 2.05) is 0 Å². The highest BCUT2D eigenvalue weighted by molar-refractivity contribution is 5.91. The van der Waals surface area contributed by atoms with Gasteiger partial charge in [0.15, 0.2) is 24.7 Å². The van der Waals surface area contributed by atoms with Crippen molar-refractivity contribution in [2.24, 2.45) is 5.73 Å². The van der Waals surface area contributed by atoms with E-state index in [1.54, 1.807) is 0 Å². The summed E-state index contributed by atoms with van der Waals surface area (Å²) in [6.07, 6.45) is 0. The van der Waals surface area contributed by atoms with E-state index in [2.05, 4.69) is 10.2 Å². The number of amides is 1. The summed E-state index contributed by atoms with van der Waals surface area (Å²) in [6.45, 7) is -0.742. The minimum Gasteiger partial charge on any atom is -0.493 e. The Morgan fingerprint density at radius 3 is 2.27 bits per heavy atom. The molecular formula is C20H18N4O9. The Balaban J connectivity index is 1.70. The molecule has 0 aliphatic carbocycles. The second-order valence-corrected chi connectivity index (χ2v) is 6.35. The molecule has 0 fully saturated rings. The number of aromatic nitrogens is 2. The van der Waals surface area contributed by atoms with E-state index in [1.165, 1.54) is 50.6 Å². The van der Waals surface area contributed by atoms with Gasteiger partial charge in [-0.3, -0.25) is 14.9 Å². The average Bonchev–Trinajstić information content (AvgIpc) is 3.29. The molecule has 3 rings (SSSR count). The standard InChI is InChI=1S/C20H18N4O9/c1-29-14-7-12(8-15(30-2)18(14)31-9-16(21)25)20(26)32-10-17-22-23-19(33-17)11-3-5-13(6-4-11)24(27)28/h3-8H,9-10H2,1-2H3,(H2,21,25). The number of hydrogen-bond donors (Lipinski definition) is 1. The normalized spacial score (nSPS) is 10.4. The van der Waals surface area contributed by atoms with Gasteiger partial charge in [-0.1, -0.05) is 0 Å². The molecule has 0 bridgehead atoms. The monoisotopic (exact) mass is 458 g/mol. The average molecular weight is 458 g/mol. The SMILES string of the molecule is COc1cc(C(=O)OCc2nnc(-c3ccc([N+](=O)[O-])cc3)o2)cc(OC)c1OCC(N)=O. The van der Waals surface area contributed by atoms with Gasteiger partial charge in [0.25, 0.3) is 17.5 Å². The number of methoxy groups -OCH3 is 2. The number of rotatable bonds is 10. The Labute approximate surface area is 186 Å². The zero-order valence-corrected chi connectivity index (χ0v) is 17.5. The fourth-order valence-electron chi connectivity index (χ4n) is 2.65. The second-order valence-electron chi connectivity index (χ2n) is 6.35. The predicted octanol–water partition coefficient (Wildman–Crippen LogP) is 1.88. The highest BCUT2D eigenvalue weighted by atomic mass is 16.6. The number of nitrogens with two attached hydrogens (primary N) is 1. The maximum Gasteiger partial charge on any atom is 0.338 e. The third-order valence-corrected chi connectivity index (χ3v) is 4.17. The highest BCUT2D eigenvalue weighted by Crippen LogP contribution is 2.38. The largest absolute Gasteiger partial charge is 0.493 e. The summed E-state index contributed by atoms with van der Waals surface area (Å²) in [5.74, 6) is -0.979. The Hall–Kier alpha value is -4.68. The van der Waals surface area contributed by atoms with Gasteiger partial charge in [0, 0.05) is 17.7 Å². The van der Waals surface area contributed by atoms with Crippen LogP contribution in [0.2, 0.25) is 0 Å². The summed E-state index contributed by atoms with van der Waals surface area (Å²) in [6, 6.07) is 8.21. The highest BCUT2D eigenvalue weighted by Gasteiger charge is 2.20. The lowest BCUT2D eigenvalue weighted by Gasteiger charge is -2.15. The number of non-ortho nitro benzene ring substituents is 1. The van der Waals surface area contributed by atoms with Gasteiger partial charge in [0.05, 0.1) is 24.7 Å². The van der Waals surface area contributed by atoms with Crippen LogP contribution in [0, 0.1) is 10.1 Å². The predicted molar refractivity (Wildman–Crippen MR) is 110 cm³/mol. The first kappa shape index (κ1) is 23.0. The van der Waals surface area contributed by atoms with E-state index in [4.69, 9.17) is 29.1 Å². The van der Waals surface area contributed by atoms with Crippen LogP contribution in [0.1, 0.15) is 16.2 Å². The van der Waals surface area contributed by atoms with Gasteiger partial charge >= 0.3 is 5.97 Å². The molecule has 0 radical (unpaired) electrons. The van der Waals surface area contributed by atoms with Crippen molar-refractivity contribution in [3.8, 4) is 28.7 Å². The minimum absolute atomic E-state index is 0.0112. The van der Waals surface area contributed by atoms with Gasteiger partial charge in [-0.15, -0.1) is 10.2 Å². The maximum atomic E-state index is 12.5. The molecule has 0 saturated carbocycles. The molecule has 2 aromatic carbocycles. The van der Waals surface area contributed by atoms with Crippen LogP contribution in [-0.2, 0) is 16.1 Å². The van der Waals surface area contributed by atoms with Crippen molar-refractivity contribution in [2.45, 2.75) is 6.61 Å². The lowest BCUT2D eigenvalue weighted by Crippen LogP contribution is -2.20. The van der Waals surface area contributed by atoms with Gasteiger partial charge in [0.2, 0.25) is 11.6 Å². The van der Waals surface area contributed by atoms with Crippen LogP contribution in [0.3, 0.4) is 0 Å². The number of ether oxygens (including phenoxy) is 4. The summed E-state index contributed by atoms with van der Waals surface area (Å²) >= 11 is 0. The maximum absolute atomic E-state index is 12.5. The number of benzene rings is 2. The molecular weight excluding hydrogens is 440 g/mol. The van der Waals surface area contributed by atoms with Crippen LogP contribution in [-0.4, -0.2) is 47.8 Å². The van der Waals surface area contributed by atoms with Crippen LogP contribution < -0.4 is 19.9 Å². The van der Waals surface area contributed by atoms with E-state index in [9.17, 15) is 19.7 Å². The minimum atomic E-state index is -0.747. The lowest BCUT2D eigenvalue weighted by atomic mass is 10.2. The van der Waals surface area contributed by atoms with E-state index >= 15 is 0 Å². The number of nitro groups is 1. The number of hydrogen-bond acceptors (Lipinski definition) is 11. The molecule has 0 saturated heterocycles. The summed E-state index contributed by atoms with van der Waals surface area (Å²) < 4.78 is 26.3. The summed E-state index contributed by atoms with van der Waals surface area (Å²) in [4.78, 5) is 33.7. The van der Waals surface area contributed by atoms with Crippen LogP contribution in [0.25, 0.3) is 11.5 Å². The fraction of sp³-hybridized carbons (Fsp3) is 0.200. The smallest absolute Gasteiger partial charge is 0.338 e. The molecule has 33 heavy (non-hydrogen) atoms. The lowest BCUT2D eigenvalue weighted by molar-refractivity contribution is -0.384. The van der Waals surface area contributed by atoms with Gasteiger partial charge in [-0.25, -0.2) is 4.79 Å². The van der Waals surface area contributed by atoms with Crippen molar-refractivity contribution in [1.29, 1.82) is 0 Å². The van der Waals surface area contributed by atoms with Gasteiger partial charge in [0.1, 0.15) is 0 Å². The third kappa shape index (κ3) is 5.52. The number of primary amides is 1. The van der Waals surface area contributed by atoms with E-state index in [0.29, 0.717) is 5.56 Å². The number of nitrogens with zero attached hydrogens (tertiary/aromatic N) is 3. The van der Waals surface area contributed by atoms with Crippen molar-refractivity contribution in [3.05, 3.63) is 58.0 Å². The van der Waals surface area contributed by atoms with Crippen molar-refractivity contribution < 1.29 is 37.9 Å².